The number of hydrogen-bond acceptors (Lipinski definition) is 5. The van der Waals surface area contributed by atoms with Gasteiger partial charge in [0.15, 0.2) is 5.82 Å². The average Bonchev–Trinajstić information content (AvgIpc) is 3.00. The van der Waals surface area contributed by atoms with Gasteiger partial charge in [0.25, 0.3) is 5.91 Å². The molecule has 9 heteroatoms. The molecule has 0 unspecified atom stereocenters. The van der Waals surface area contributed by atoms with Gasteiger partial charge < -0.3 is 10.6 Å². The van der Waals surface area contributed by atoms with E-state index in [1.165, 1.54) is 24.9 Å². The second-order valence-corrected chi connectivity index (χ2v) is 5.53. The van der Waals surface area contributed by atoms with E-state index in [1.807, 2.05) is 13.8 Å². The van der Waals surface area contributed by atoms with Gasteiger partial charge in [-0.25, -0.2) is 4.98 Å². The first-order valence-electron chi connectivity index (χ1n) is 7.05. The summed E-state index contributed by atoms with van der Waals surface area (Å²) in [4.78, 5) is 27.7. The Labute approximate surface area is 138 Å². The Hall–Kier alpha value is -2.48. The summed E-state index contributed by atoms with van der Waals surface area (Å²) in [5.41, 5.74) is 0.316. The largest absolute Gasteiger partial charge is 0.354 e. The lowest BCUT2D eigenvalue weighted by Gasteiger charge is -2.09. The van der Waals surface area contributed by atoms with Crippen LogP contribution in [0.25, 0.3) is 5.82 Å². The first kappa shape index (κ1) is 16.9. The van der Waals surface area contributed by atoms with Crippen molar-refractivity contribution < 1.29 is 9.59 Å². The van der Waals surface area contributed by atoms with Crippen LogP contribution in [-0.4, -0.2) is 44.1 Å². The highest BCUT2D eigenvalue weighted by Gasteiger charge is 2.12. The predicted octanol–water partition coefficient (Wildman–Crippen LogP) is 0.960. The summed E-state index contributed by atoms with van der Waals surface area (Å²) >= 11 is 6.12. The van der Waals surface area contributed by atoms with Crippen molar-refractivity contribution in [2.45, 2.75) is 26.3 Å². The van der Waals surface area contributed by atoms with Gasteiger partial charge >= 0.3 is 0 Å². The Kier molecular flexibility index (Phi) is 5.64. The van der Waals surface area contributed by atoms with E-state index >= 15 is 0 Å². The second kappa shape index (κ2) is 7.68. The lowest BCUT2D eigenvalue weighted by Crippen LogP contribution is -2.34. The Morgan fingerprint density at radius 3 is 2.61 bits per heavy atom. The predicted molar refractivity (Wildman–Crippen MR) is 84.4 cm³/mol. The number of amides is 2. The number of halogens is 1. The number of carbonyl (C=O) groups is 2. The third-order valence-corrected chi connectivity index (χ3v) is 3.11. The molecule has 0 bridgehead atoms. The van der Waals surface area contributed by atoms with Crippen LogP contribution in [0.3, 0.4) is 0 Å². The fourth-order valence-electron chi connectivity index (χ4n) is 1.84. The van der Waals surface area contributed by atoms with Gasteiger partial charge in [0, 0.05) is 25.2 Å². The molecule has 2 rings (SSSR count). The molecule has 0 fully saturated rings. The molecule has 8 nitrogen and oxygen atoms in total. The Balaban J connectivity index is 1.93. The van der Waals surface area contributed by atoms with Gasteiger partial charge in [0.05, 0.1) is 10.6 Å². The van der Waals surface area contributed by atoms with Crippen LogP contribution in [0.15, 0.2) is 24.9 Å². The average molecular weight is 337 g/mol. The number of aromatic nitrogens is 4. The van der Waals surface area contributed by atoms with Gasteiger partial charge in [0.2, 0.25) is 5.91 Å². The number of rotatable bonds is 6. The molecule has 0 radical (unpaired) electrons. The minimum absolute atomic E-state index is 0.0754. The van der Waals surface area contributed by atoms with Gasteiger partial charge in [-0.1, -0.05) is 11.6 Å². The normalized spacial score (nSPS) is 10.6. The summed E-state index contributed by atoms with van der Waals surface area (Å²) < 4.78 is 1.54. The topological polar surface area (TPSA) is 102 Å². The molecule has 2 N–H and O–H groups in total. The van der Waals surface area contributed by atoms with Gasteiger partial charge in [-0.2, -0.15) is 0 Å². The number of nitrogens with one attached hydrogen (secondary N) is 2. The van der Waals surface area contributed by atoms with E-state index in [2.05, 4.69) is 25.8 Å². The standard InChI is InChI=1S/C14H17ClN6O2/c1-9(2)20-12(22)3-4-16-14(23)10-5-11(15)13(17-6-10)21-7-18-19-8-21/h5-9H,3-4H2,1-2H3,(H,16,23)(H,20,22). The van der Waals surface area contributed by atoms with E-state index in [4.69, 9.17) is 11.6 Å². The summed E-state index contributed by atoms with van der Waals surface area (Å²) in [5.74, 6) is -0.0176. The molecule has 2 aromatic rings. The molecule has 2 amide bonds. The highest BCUT2D eigenvalue weighted by Crippen LogP contribution is 2.18. The van der Waals surface area contributed by atoms with Crippen molar-refractivity contribution in [2.24, 2.45) is 0 Å². The van der Waals surface area contributed by atoms with Crippen LogP contribution in [0.5, 0.6) is 0 Å². The highest BCUT2D eigenvalue weighted by molar-refractivity contribution is 6.32. The van der Waals surface area contributed by atoms with Crippen LogP contribution in [-0.2, 0) is 4.79 Å². The van der Waals surface area contributed by atoms with Crippen molar-refractivity contribution in [3.63, 3.8) is 0 Å². The summed E-state index contributed by atoms with van der Waals surface area (Å²) in [5, 5.41) is 13.0. The van der Waals surface area contributed by atoms with Crippen molar-refractivity contribution in [1.82, 2.24) is 30.4 Å². The van der Waals surface area contributed by atoms with Gasteiger partial charge in [-0.05, 0) is 19.9 Å². The van der Waals surface area contributed by atoms with Crippen LogP contribution >= 0.6 is 11.6 Å². The SMILES string of the molecule is CC(C)NC(=O)CCNC(=O)c1cnc(-n2cnnc2)c(Cl)c1. The lowest BCUT2D eigenvalue weighted by molar-refractivity contribution is -0.121. The summed E-state index contributed by atoms with van der Waals surface area (Å²) in [6.45, 7) is 3.99. The second-order valence-electron chi connectivity index (χ2n) is 5.13. The van der Waals surface area contributed by atoms with Gasteiger partial charge in [0.1, 0.15) is 12.7 Å². The molecular weight excluding hydrogens is 320 g/mol. The Bertz CT molecular complexity index is 687. The maximum Gasteiger partial charge on any atom is 0.252 e. The Morgan fingerprint density at radius 1 is 1.30 bits per heavy atom. The molecule has 2 aromatic heterocycles. The summed E-state index contributed by atoms with van der Waals surface area (Å²) in [7, 11) is 0. The Morgan fingerprint density at radius 2 is 2.00 bits per heavy atom. The number of carbonyl (C=O) groups excluding carboxylic acids is 2. The summed E-state index contributed by atoms with van der Waals surface area (Å²) in [6.07, 6.45) is 4.54. The quantitative estimate of drug-likeness (QED) is 0.818. The molecular formula is C14H17ClN6O2. The van der Waals surface area contributed by atoms with Crippen LogP contribution in [0.1, 0.15) is 30.6 Å². The molecule has 2 heterocycles. The smallest absolute Gasteiger partial charge is 0.252 e. The van der Waals surface area contributed by atoms with Crippen molar-refractivity contribution in [1.29, 1.82) is 0 Å². The molecule has 0 aliphatic carbocycles. The molecule has 0 saturated carbocycles. The molecule has 0 atom stereocenters. The third kappa shape index (κ3) is 4.75. The minimum atomic E-state index is -0.341. The zero-order chi connectivity index (χ0) is 16.8. The monoisotopic (exact) mass is 336 g/mol. The van der Waals surface area contributed by atoms with E-state index in [1.54, 1.807) is 4.57 Å². The van der Waals surface area contributed by atoms with Crippen LogP contribution in [0, 0.1) is 0 Å². The lowest BCUT2D eigenvalue weighted by atomic mass is 10.2. The zero-order valence-corrected chi connectivity index (χ0v) is 13.5. The molecule has 0 aliphatic rings. The van der Waals surface area contributed by atoms with Crippen molar-refractivity contribution in [2.75, 3.05) is 6.54 Å². The fourth-order valence-corrected chi connectivity index (χ4v) is 2.10. The summed E-state index contributed by atoms with van der Waals surface area (Å²) in [6, 6.07) is 1.58. The van der Waals surface area contributed by atoms with Crippen molar-refractivity contribution in [3.8, 4) is 5.82 Å². The first-order valence-corrected chi connectivity index (χ1v) is 7.43. The molecule has 0 aliphatic heterocycles. The molecule has 0 spiro atoms. The minimum Gasteiger partial charge on any atom is -0.354 e. The number of hydrogen-bond donors (Lipinski definition) is 2. The van der Waals surface area contributed by atoms with Crippen molar-refractivity contribution in [3.05, 3.63) is 35.5 Å². The van der Waals surface area contributed by atoms with E-state index in [-0.39, 0.29) is 30.8 Å². The molecule has 0 saturated heterocycles. The third-order valence-electron chi connectivity index (χ3n) is 2.83. The van der Waals surface area contributed by atoms with Crippen LogP contribution < -0.4 is 10.6 Å². The number of nitrogens with zero attached hydrogens (tertiary/aromatic N) is 4. The van der Waals surface area contributed by atoms with E-state index < -0.39 is 0 Å². The van der Waals surface area contributed by atoms with E-state index in [0.717, 1.165) is 0 Å². The maximum atomic E-state index is 12.0. The van der Waals surface area contributed by atoms with E-state index in [0.29, 0.717) is 16.4 Å². The fraction of sp³-hybridized carbons (Fsp3) is 0.357. The maximum absolute atomic E-state index is 12.0. The highest BCUT2D eigenvalue weighted by atomic mass is 35.5. The molecule has 0 aromatic carbocycles. The number of pyridine rings is 1. The molecule has 122 valence electrons. The zero-order valence-electron chi connectivity index (χ0n) is 12.8. The van der Waals surface area contributed by atoms with Gasteiger partial charge in [-0.15, -0.1) is 10.2 Å². The van der Waals surface area contributed by atoms with Crippen LogP contribution in [0.4, 0.5) is 0 Å². The molecule has 23 heavy (non-hydrogen) atoms. The first-order chi connectivity index (χ1) is 11.0. The van der Waals surface area contributed by atoms with Crippen LogP contribution in [0.2, 0.25) is 5.02 Å². The van der Waals surface area contributed by atoms with Gasteiger partial charge in [-0.3, -0.25) is 14.2 Å². The van der Waals surface area contributed by atoms with E-state index in [9.17, 15) is 9.59 Å². The van der Waals surface area contributed by atoms with Crippen molar-refractivity contribution >= 4 is 23.4 Å².